The van der Waals surface area contributed by atoms with E-state index in [9.17, 15) is 14.4 Å². The first-order chi connectivity index (χ1) is 14.8. The normalized spacial score (nSPS) is 12.5. The number of halogens is 2. The highest BCUT2D eigenvalue weighted by molar-refractivity contribution is 6.34. The molecular weight excluding hydrogens is 437 g/mol. The fourth-order valence-electron chi connectivity index (χ4n) is 2.86. The molecule has 0 radical (unpaired) electrons. The van der Waals surface area contributed by atoms with Crippen molar-refractivity contribution in [3.05, 3.63) is 63.6 Å². The molecular formula is C23H27Cl2N3O3. The maximum Gasteiger partial charge on any atom is 0.252 e. The number of carbonyl (C=O) groups is 3. The first-order valence-electron chi connectivity index (χ1n) is 10.2. The Morgan fingerprint density at radius 2 is 1.65 bits per heavy atom. The van der Waals surface area contributed by atoms with E-state index in [0.29, 0.717) is 34.8 Å². The number of carbonyl (C=O) groups excluding carboxylic acids is 3. The highest BCUT2D eigenvalue weighted by Crippen LogP contribution is 2.22. The first-order valence-corrected chi connectivity index (χ1v) is 11.0. The molecule has 0 aromatic heterocycles. The largest absolute Gasteiger partial charge is 0.352 e. The molecule has 31 heavy (non-hydrogen) atoms. The molecule has 0 spiro atoms. The fraction of sp³-hybridized carbons (Fsp3) is 0.348. The zero-order valence-corrected chi connectivity index (χ0v) is 19.3. The Bertz CT molecular complexity index is 932. The van der Waals surface area contributed by atoms with Gasteiger partial charge in [0.05, 0.1) is 10.6 Å². The van der Waals surface area contributed by atoms with Crippen molar-refractivity contribution in [1.82, 2.24) is 10.6 Å². The quantitative estimate of drug-likeness (QED) is 0.493. The van der Waals surface area contributed by atoms with Crippen LogP contribution in [0.5, 0.6) is 0 Å². The molecule has 0 aliphatic carbocycles. The molecule has 2 unspecified atom stereocenters. The number of anilines is 1. The van der Waals surface area contributed by atoms with E-state index in [4.69, 9.17) is 23.2 Å². The number of hydrogen-bond donors (Lipinski definition) is 3. The van der Waals surface area contributed by atoms with Crippen LogP contribution in [-0.2, 0) is 4.79 Å². The van der Waals surface area contributed by atoms with Crippen molar-refractivity contribution < 1.29 is 14.4 Å². The molecule has 0 aliphatic heterocycles. The maximum absolute atomic E-state index is 12.9. The van der Waals surface area contributed by atoms with Crippen molar-refractivity contribution in [3.63, 3.8) is 0 Å². The van der Waals surface area contributed by atoms with Crippen LogP contribution in [0, 0.1) is 5.92 Å². The Morgan fingerprint density at radius 3 is 2.23 bits per heavy atom. The lowest BCUT2D eigenvalue weighted by Gasteiger charge is -2.24. The molecule has 3 N–H and O–H groups in total. The highest BCUT2D eigenvalue weighted by Gasteiger charge is 2.26. The van der Waals surface area contributed by atoms with Gasteiger partial charge in [-0.1, -0.05) is 50.4 Å². The summed E-state index contributed by atoms with van der Waals surface area (Å²) >= 11 is 12.1. The van der Waals surface area contributed by atoms with Gasteiger partial charge in [-0.15, -0.1) is 0 Å². The number of rotatable bonds is 9. The molecule has 3 amide bonds. The van der Waals surface area contributed by atoms with Crippen molar-refractivity contribution in [3.8, 4) is 0 Å². The van der Waals surface area contributed by atoms with Crippen LogP contribution in [0.4, 0.5) is 5.69 Å². The van der Waals surface area contributed by atoms with Gasteiger partial charge in [0.15, 0.2) is 0 Å². The van der Waals surface area contributed by atoms with Crippen LogP contribution in [0.15, 0.2) is 42.5 Å². The molecule has 2 aromatic carbocycles. The van der Waals surface area contributed by atoms with Gasteiger partial charge in [0.2, 0.25) is 5.91 Å². The third-order valence-corrected chi connectivity index (χ3v) is 5.47. The summed E-state index contributed by atoms with van der Waals surface area (Å²) in [5, 5.41) is 9.10. The summed E-state index contributed by atoms with van der Waals surface area (Å²) < 4.78 is 0. The molecule has 2 rings (SSSR count). The van der Waals surface area contributed by atoms with E-state index in [1.54, 1.807) is 36.4 Å². The third-order valence-electron chi connectivity index (χ3n) is 4.91. The van der Waals surface area contributed by atoms with Crippen LogP contribution in [0.25, 0.3) is 0 Å². The Balaban J connectivity index is 2.13. The molecule has 0 aliphatic rings. The monoisotopic (exact) mass is 463 g/mol. The molecule has 0 fully saturated rings. The standard InChI is InChI=1S/C23H27Cl2N3O3/c1-4-12-26-22(30)18-11-10-17(13-19(18)25)27-23(31)20(14(3)5-2)28-21(29)15-6-8-16(24)9-7-15/h6-11,13-14,20H,4-5,12H2,1-3H3,(H,26,30)(H,27,31)(H,28,29). The number of hydrogen-bond acceptors (Lipinski definition) is 3. The van der Waals surface area contributed by atoms with E-state index < -0.39 is 6.04 Å². The second-order valence-corrected chi connectivity index (χ2v) is 8.13. The van der Waals surface area contributed by atoms with Gasteiger partial charge in [-0.25, -0.2) is 0 Å². The summed E-state index contributed by atoms with van der Waals surface area (Å²) in [5.41, 5.74) is 1.19. The average molecular weight is 464 g/mol. The van der Waals surface area contributed by atoms with E-state index in [0.717, 1.165) is 6.42 Å². The van der Waals surface area contributed by atoms with Crippen LogP contribution < -0.4 is 16.0 Å². The minimum absolute atomic E-state index is 0.106. The molecule has 166 valence electrons. The van der Waals surface area contributed by atoms with E-state index in [1.165, 1.54) is 6.07 Å². The van der Waals surface area contributed by atoms with Crippen molar-refractivity contribution in [2.24, 2.45) is 5.92 Å². The average Bonchev–Trinajstić information content (AvgIpc) is 2.75. The van der Waals surface area contributed by atoms with Gasteiger partial charge in [0, 0.05) is 22.8 Å². The summed E-state index contributed by atoms with van der Waals surface area (Å²) in [7, 11) is 0. The van der Waals surface area contributed by atoms with Gasteiger partial charge in [0.25, 0.3) is 11.8 Å². The van der Waals surface area contributed by atoms with E-state index in [-0.39, 0.29) is 28.7 Å². The van der Waals surface area contributed by atoms with E-state index in [2.05, 4.69) is 16.0 Å². The Labute approximate surface area is 192 Å². The Kier molecular flexibility index (Phi) is 9.34. The minimum atomic E-state index is -0.750. The minimum Gasteiger partial charge on any atom is -0.352 e. The predicted octanol–water partition coefficient (Wildman–Crippen LogP) is 4.92. The van der Waals surface area contributed by atoms with Gasteiger partial charge in [-0.05, 0) is 54.8 Å². The lowest BCUT2D eigenvalue weighted by atomic mass is 9.97. The van der Waals surface area contributed by atoms with Gasteiger partial charge in [-0.2, -0.15) is 0 Å². The topological polar surface area (TPSA) is 87.3 Å². The lowest BCUT2D eigenvalue weighted by Crippen LogP contribution is -2.47. The van der Waals surface area contributed by atoms with Crippen LogP contribution >= 0.6 is 23.2 Å². The van der Waals surface area contributed by atoms with Crippen molar-refractivity contribution in [1.29, 1.82) is 0 Å². The number of nitrogens with one attached hydrogen (secondary N) is 3. The zero-order valence-electron chi connectivity index (χ0n) is 17.8. The van der Waals surface area contributed by atoms with Crippen molar-refractivity contribution in [2.75, 3.05) is 11.9 Å². The summed E-state index contributed by atoms with van der Waals surface area (Å²) in [6, 6.07) is 10.4. The van der Waals surface area contributed by atoms with Gasteiger partial charge >= 0.3 is 0 Å². The van der Waals surface area contributed by atoms with Crippen LogP contribution in [0.2, 0.25) is 10.0 Å². The SMILES string of the molecule is CCCNC(=O)c1ccc(NC(=O)C(NC(=O)c2ccc(Cl)cc2)C(C)CC)cc1Cl. The third kappa shape index (κ3) is 6.97. The fourth-order valence-corrected chi connectivity index (χ4v) is 3.25. The second kappa shape index (κ2) is 11.7. The summed E-state index contributed by atoms with van der Waals surface area (Å²) in [5.74, 6) is -1.10. The number of amides is 3. The predicted molar refractivity (Wildman–Crippen MR) is 125 cm³/mol. The molecule has 0 bridgehead atoms. The van der Waals surface area contributed by atoms with E-state index >= 15 is 0 Å². The molecule has 0 saturated heterocycles. The molecule has 0 saturated carbocycles. The second-order valence-electron chi connectivity index (χ2n) is 7.28. The molecule has 6 nitrogen and oxygen atoms in total. The Morgan fingerprint density at radius 1 is 0.968 bits per heavy atom. The smallest absolute Gasteiger partial charge is 0.252 e. The summed E-state index contributed by atoms with van der Waals surface area (Å²) in [6.45, 7) is 6.35. The number of benzene rings is 2. The van der Waals surface area contributed by atoms with E-state index in [1.807, 2.05) is 20.8 Å². The molecule has 2 atom stereocenters. The summed E-state index contributed by atoms with van der Waals surface area (Å²) in [6.07, 6.45) is 1.51. The van der Waals surface area contributed by atoms with Crippen LogP contribution in [0.3, 0.4) is 0 Å². The van der Waals surface area contributed by atoms with Crippen molar-refractivity contribution >= 4 is 46.6 Å². The molecule has 2 aromatic rings. The highest BCUT2D eigenvalue weighted by atomic mass is 35.5. The van der Waals surface area contributed by atoms with Gasteiger partial charge in [-0.3, -0.25) is 14.4 Å². The van der Waals surface area contributed by atoms with Gasteiger partial charge < -0.3 is 16.0 Å². The van der Waals surface area contributed by atoms with Crippen LogP contribution in [-0.4, -0.2) is 30.3 Å². The summed E-state index contributed by atoms with van der Waals surface area (Å²) in [4.78, 5) is 37.7. The zero-order chi connectivity index (χ0) is 23.0. The first kappa shape index (κ1) is 24.7. The van der Waals surface area contributed by atoms with Crippen molar-refractivity contribution in [2.45, 2.75) is 39.7 Å². The van der Waals surface area contributed by atoms with Gasteiger partial charge in [0.1, 0.15) is 6.04 Å². The maximum atomic E-state index is 12.9. The molecule has 0 heterocycles. The van der Waals surface area contributed by atoms with Crippen LogP contribution in [0.1, 0.15) is 54.3 Å². The molecule has 8 heteroatoms. The Hall–Kier alpha value is -2.57. The lowest BCUT2D eigenvalue weighted by molar-refractivity contribution is -0.119.